The Labute approximate surface area is 190 Å². The zero-order valence-electron chi connectivity index (χ0n) is 20.6. The second-order valence-electron chi connectivity index (χ2n) is 13.2. The summed E-state index contributed by atoms with van der Waals surface area (Å²) in [7, 11) is 0. The third kappa shape index (κ3) is 2.72. The maximum atomic E-state index is 13.4. The standard InChI is InChI=1S/C29H46O2/c1-5-17-12-21(6-2)28(4)24-13-19(27(17)28)11-18(24)15-26(30)31-29(7-3)16-20-14-25(29)23-10-8-9-22(20)23/h17-25,27H,5-16H2,1-4H3. The molecule has 4 bridgehead atoms. The van der Waals surface area contributed by atoms with Crippen LogP contribution in [-0.4, -0.2) is 11.6 Å². The molecule has 0 spiro atoms. The fourth-order valence-corrected chi connectivity index (χ4v) is 11.8. The molecule has 6 aliphatic carbocycles. The second-order valence-corrected chi connectivity index (χ2v) is 13.2. The van der Waals surface area contributed by atoms with Gasteiger partial charge in [-0.05, 0) is 110 Å². The molecule has 0 aromatic rings. The second kappa shape index (κ2) is 7.23. The van der Waals surface area contributed by atoms with Gasteiger partial charge in [0.1, 0.15) is 5.60 Å². The van der Waals surface area contributed by atoms with Crippen molar-refractivity contribution in [2.75, 3.05) is 0 Å². The molecule has 0 aliphatic heterocycles. The van der Waals surface area contributed by atoms with Gasteiger partial charge in [0.05, 0.1) is 0 Å². The molecule has 0 radical (unpaired) electrons. The molecule has 174 valence electrons. The van der Waals surface area contributed by atoms with E-state index in [1.54, 1.807) is 0 Å². The number of carbonyl (C=O) groups excluding carboxylic acids is 1. The fourth-order valence-electron chi connectivity index (χ4n) is 11.8. The number of hydrogen-bond acceptors (Lipinski definition) is 2. The molecule has 0 aromatic carbocycles. The third-order valence-corrected chi connectivity index (χ3v) is 12.7. The van der Waals surface area contributed by atoms with Gasteiger partial charge in [-0.25, -0.2) is 0 Å². The molecule has 0 N–H and O–H groups in total. The molecular formula is C29H46O2. The highest BCUT2D eigenvalue weighted by atomic mass is 16.6. The number of fused-ring (bicyclic) bond motifs is 10. The number of hydrogen-bond donors (Lipinski definition) is 0. The first-order chi connectivity index (χ1) is 14.9. The highest BCUT2D eigenvalue weighted by Gasteiger charge is 2.67. The highest BCUT2D eigenvalue weighted by molar-refractivity contribution is 5.70. The summed E-state index contributed by atoms with van der Waals surface area (Å²) in [6.07, 6.45) is 15.4. The Balaban J connectivity index is 1.16. The van der Waals surface area contributed by atoms with Crippen molar-refractivity contribution < 1.29 is 9.53 Å². The van der Waals surface area contributed by atoms with Gasteiger partial charge in [-0.15, -0.1) is 0 Å². The topological polar surface area (TPSA) is 26.3 Å². The molecular weight excluding hydrogens is 380 g/mol. The molecule has 6 fully saturated rings. The summed E-state index contributed by atoms with van der Waals surface area (Å²) in [5.74, 6) is 8.52. The fraction of sp³-hybridized carbons (Fsp3) is 0.966. The Kier molecular flexibility index (Phi) is 4.91. The lowest BCUT2D eigenvalue weighted by Gasteiger charge is -2.46. The minimum Gasteiger partial charge on any atom is -0.459 e. The van der Waals surface area contributed by atoms with Crippen LogP contribution in [0.2, 0.25) is 0 Å². The minimum absolute atomic E-state index is 0.107. The largest absolute Gasteiger partial charge is 0.459 e. The highest BCUT2D eigenvalue weighted by Crippen LogP contribution is 2.73. The normalized spacial score (nSPS) is 56.3. The van der Waals surface area contributed by atoms with E-state index < -0.39 is 0 Å². The van der Waals surface area contributed by atoms with E-state index in [2.05, 4.69) is 27.7 Å². The number of esters is 1. The van der Waals surface area contributed by atoms with E-state index in [1.807, 2.05) is 0 Å². The van der Waals surface area contributed by atoms with Crippen molar-refractivity contribution in [3.8, 4) is 0 Å². The predicted molar refractivity (Wildman–Crippen MR) is 124 cm³/mol. The number of rotatable bonds is 6. The van der Waals surface area contributed by atoms with E-state index in [-0.39, 0.29) is 11.6 Å². The molecule has 0 aromatic heterocycles. The Morgan fingerprint density at radius 3 is 2.42 bits per heavy atom. The molecule has 31 heavy (non-hydrogen) atoms. The predicted octanol–water partition coefficient (Wildman–Crippen LogP) is 7.26. The van der Waals surface area contributed by atoms with Crippen LogP contribution in [0.15, 0.2) is 0 Å². The van der Waals surface area contributed by atoms with Crippen LogP contribution in [0, 0.1) is 64.6 Å². The van der Waals surface area contributed by atoms with Crippen molar-refractivity contribution in [3.05, 3.63) is 0 Å². The quantitative estimate of drug-likeness (QED) is 0.418. The van der Waals surface area contributed by atoms with Crippen LogP contribution in [0.5, 0.6) is 0 Å². The van der Waals surface area contributed by atoms with Gasteiger partial charge in [0.15, 0.2) is 0 Å². The Morgan fingerprint density at radius 1 is 0.903 bits per heavy atom. The Hall–Kier alpha value is -0.530. The molecule has 6 rings (SSSR count). The number of ether oxygens (including phenoxy) is 1. The summed E-state index contributed by atoms with van der Waals surface area (Å²) >= 11 is 0. The van der Waals surface area contributed by atoms with Crippen molar-refractivity contribution >= 4 is 5.97 Å². The van der Waals surface area contributed by atoms with Gasteiger partial charge < -0.3 is 4.74 Å². The molecule has 2 nitrogen and oxygen atoms in total. The van der Waals surface area contributed by atoms with Gasteiger partial charge in [-0.3, -0.25) is 4.79 Å². The zero-order chi connectivity index (χ0) is 21.5. The van der Waals surface area contributed by atoms with Crippen molar-refractivity contribution in [1.29, 1.82) is 0 Å². The lowest BCUT2D eigenvalue weighted by atomic mass is 9.59. The maximum Gasteiger partial charge on any atom is 0.306 e. The Bertz CT molecular complexity index is 730. The summed E-state index contributed by atoms with van der Waals surface area (Å²) in [5, 5.41) is 0. The summed E-state index contributed by atoms with van der Waals surface area (Å²) in [4.78, 5) is 13.4. The smallest absolute Gasteiger partial charge is 0.306 e. The van der Waals surface area contributed by atoms with E-state index >= 15 is 0 Å². The lowest BCUT2D eigenvalue weighted by molar-refractivity contribution is -0.172. The average Bonchev–Trinajstić information content (AvgIpc) is 3.54. The van der Waals surface area contributed by atoms with Crippen molar-refractivity contribution in [1.82, 2.24) is 0 Å². The molecule has 12 atom stereocenters. The zero-order valence-corrected chi connectivity index (χ0v) is 20.6. The molecule has 0 saturated heterocycles. The first-order valence-electron chi connectivity index (χ1n) is 14.2. The molecule has 0 heterocycles. The first-order valence-corrected chi connectivity index (χ1v) is 14.2. The molecule has 6 aliphatic rings. The molecule has 12 unspecified atom stereocenters. The minimum atomic E-state index is -0.107. The first kappa shape index (κ1) is 21.0. The third-order valence-electron chi connectivity index (χ3n) is 12.7. The summed E-state index contributed by atoms with van der Waals surface area (Å²) in [5.41, 5.74) is 0.388. The lowest BCUT2D eigenvalue weighted by Crippen LogP contribution is -2.45. The van der Waals surface area contributed by atoms with Crippen LogP contribution in [-0.2, 0) is 9.53 Å². The van der Waals surface area contributed by atoms with E-state index in [1.165, 1.54) is 64.2 Å². The van der Waals surface area contributed by atoms with E-state index in [0.717, 1.165) is 53.8 Å². The van der Waals surface area contributed by atoms with Crippen molar-refractivity contribution in [2.45, 2.75) is 110 Å². The van der Waals surface area contributed by atoms with Gasteiger partial charge in [0, 0.05) is 12.3 Å². The molecule has 2 heteroatoms. The van der Waals surface area contributed by atoms with Crippen LogP contribution >= 0.6 is 0 Å². The van der Waals surface area contributed by atoms with Gasteiger partial charge in [0.2, 0.25) is 0 Å². The number of carbonyl (C=O) groups is 1. The molecule has 6 saturated carbocycles. The monoisotopic (exact) mass is 426 g/mol. The van der Waals surface area contributed by atoms with E-state index in [0.29, 0.717) is 23.7 Å². The van der Waals surface area contributed by atoms with Gasteiger partial charge in [-0.2, -0.15) is 0 Å². The van der Waals surface area contributed by atoms with Crippen LogP contribution in [0.3, 0.4) is 0 Å². The van der Waals surface area contributed by atoms with Gasteiger partial charge in [0.25, 0.3) is 0 Å². The van der Waals surface area contributed by atoms with E-state index in [4.69, 9.17) is 4.74 Å². The van der Waals surface area contributed by atoms with Crippen molar-refractivity contribution in [3.63, 3.8) is 0 Å². The Morgan fingerprint density at radius 2 is 1.68 bits per heavy atom. The summed E-state index contributed by atoms with van der Waals surface area (Å²) in [6, 6.07) is 0. The SMILES string of the molecule is CCC1CC(CC)C2(C)C3CC(CC3CC(=O)OC3(CC)CC4CC3C3CCCC43)C12. The van der Waals surface area contributed by atoms with Crippen LogP contribution in [0.1, 0.15) is 105 Å². The molecule has 0 amide bonds. The van der Waals surface area contributed by atoms with Gasteiger partial charge >= 0.3 is 5.97 Å². The van der Waals surface area contributed by atoms with Crippen LogP contribution in [0.4, 0.5) is 0 Å². The van der Waals surface area contributed by atoms with Crippen molar-refractivity contribution in [2.24, 2.45) is 64.6 Å². The average molecular weight is 427 g/mol. The van der Waals surface area contributed by atoms with Crippen LogP contribution < -0.4 is 0 Å². The van der Waals surface area contributed by atoms with Gasteiger partial charge in [-0.1, -0.05) is 47.0 Å². The summed E-state index contributed by atoms with van der Waals surface area (Å²) < 4.78 is 6.56. The maximum absolute atomic E-state index is 13.4. The van der Waals surface area contributed by atoms with Crippen LogP contribution in [0.25, 0.3) is 0 Å². The summed E-state index contributed by atoms with van der Waals surface area (Å²) in [6.45, 7) is 9.75. The van der Waals surface area contributed by atoms with E-state index in [9.17, 15) is 4.79 Å².